The van der Waals surface area contributed by atoms with E-state index in [0.717, 1.165) is 24.1 Å². The van der Waals surface area contributed by atoms with E-state index < -0.39 is 0 Å². The molecule has 1 aliphatic rings. The van der Waals surface area contributed by atoms with E-state index in [2.05, 4.69) is 32.2 Å². The molecule has 1 rings (SSSR count). The van der Waals surface area contributed by atoms with Crippen LogP contribution in [0.4, 0.5) is 0 Å². The molecule has 0 aliphatic carbocycles. The molecule has 0 radical (unpaired) electrons. The first kappa shape index (κ1) is 27.4. The minimum atomic E-state index is 0.279. The van der Waals surface area contributed by atoms with Crippen LogP contribution in [0.2, 0.25) is 0 Å². The fourth-order valence-electron chi connectivity index (χ4n) is 4.81. The van der Waals surface area contributed by atoms with E-state index in [1.807, 2.05) is 0 Å². The van der Waals surface area contributed by atoms with E-state index in [-0.39, 0.29) is 6.61 Å². The third kappa shape index (κ3) is 12.2. The molecule has 1 heterocycles. The van der Waals surface area contributed by atoms with Gasteiger partial charge in [-0.25, -0.2) is 4.99 Å². The van der Waals surface area contributed by atoms with Crippen LogP contribution in [-0.2, 0) is 0 Å². The van der Waals surface area contributed by atoms with Gasteiger partial charge in [0.15, 0.2) is 6.17 Å². The summed E-state index contributed by atoms with van der Waals surface area (Å²) in [5.74, 6) is 0. The topological polar surface area (TPSA) is 32.6 Å². The van der Waals surface area contributed by atoms with Gasteiger partial charge in [-0.3, -0.25) is 4.48 Å². The Kier molecular flexibility index (Phi) is 17.4. The Hall–Kier alpha value is -0.670. The summed E-state index contributed by atoms with van der Waals surface area (Å²) in [7, 11) is 0. The van der Waals surface area contributed by atoms with Gasteiger partial charge in [0.2, 0.25) is 0 Å². The lowest BCUT2D eigenvalue weighted by atomic mass is 10.1. The summed E-state index contributed by atoms with van der Waals surface area (Å²) in [5, 5.41) is 9.39. The maximum absolute atomic E-state index is 9.39. The van der Waals surface area contributed by atoms with Crippen LogP contribution in [0.15, 0.2) is 17.1 Å². The van der Waals surface area contributed by atoms with Gasteiger partial charge in [-0.05, 0) is 39.0 Å². The number of likely N-dealkylation sites (N-methyl/N-ethyl adjacent to an activating group) is 1. The van der Waals surface area contributed by atoms with Gasteiger partial charge in [-0.1, -0.05) is 89.7 Å². The van der Waals surface area contributed by atoms with Crippen molar-refractivity contribution in [1.29, 1.82) is 0 Å². The van der Waals surface area contributed by atoms with E-state index in [1.165, 1.54) is 109 Å². The Labute approximate surface area is 188 Å². The van der Waals surface area contributed by atoms with Crippen molar-refractivity contribution in [2.75, 3.05) is 26.2 Å². The fraction of sp³-hybridized carbons (Fsp3) is 0.889. The highest BCUT2D eigenvalue weighted by Gasteiger charge is 2.36. The predicted molar refractivity (Wildman–Crippen MR) is 133 cm³/mol. The summed E-state index contributed by atoms with van der Waals surface area (Å²) >= 11 is 0. The average Bonchev–Trinajstić information content (AvgIpc) is 3.16. The minimum absolute atomic E-state index is 0.279. The van der Waals surface area contributed by atoms with Crippen LogP contribution in [-0.4, -0.2) is 48.2 Å². The van der Waals surface area contributed by atoms with Crippen LogP contribution in [0.1, 0.15) is 123 Å². The lowest BCUT2D eigenvalue weighted by Crippen LogP contribution is -2.53. The summed E-state index contributed by atoms with van der Waals surface area (Å²) in [4.78, 5) is 4.72. The maximum Gasteiger partial charge on any atom is 0.182 e. The first-order chi connectivity index (χ1) is 14.8. The predicted octanol–water partition coefficient (Wildman–Crippen LogP) is 7.43. The van der Waals surface area contributed by atoms with Crippen LogP contribution in [0, 0.1) is 0 Å². The van der Waals surface area contributed by atoms with Gasteiger partial charge in [-0.15, -0.1) is 0 Å². The van der Waals surface area contributed by atoms with Crippen molar-refractivity contribution < 1.29 is 9.59 Å². The van der Waals surface area contributed by atoms with E-state index in [0.29, 0.717) is 6.17 Å². The second-order valence-electron chi connectivity index (χ2n) is 9.41. The molecule has 176 valence electrons. The van der Waals surface area contributed by atoms with Crippen molar-refractivity contribution in [3.05, 3.63) is 12.2 Å². The van der Waals surface area contributed by atoms with Crippen molar-refractivity contribution >= 4 is 6.21 Å². The number of rotatable bonds is 21. The molecule has 0 saturated carbocycles. The Morgan fingerprint density at radius 2 is 1.33 bits per heavy atom. The highest BCUT2D eigenvalue weighted by molar-refractivity contribution is 5.60. The highest BCUT2D eigenvalue weighted by Crippen LogP contribution is 2.24. The number of allylic oxidation sites excluding steroid dienone is 2. The van der Waals surface area contributed by atoms with Crippen molar-refractivity contribution in [2.24, 2.45) is 4.99 Å². The Morgan fingerprint density at radius 3 is 1.87 bits per heavy atom. The molecule has 0 amide bonds. The molecule has 0 fully saturated rings. The largest absolute Gasteiger partial charge is 0.391 e. The van der Waals surface area contributed by atoms with E-state index >= 15 is 0 Å². The molecule has 30 heavy (non-hydrogen) atoms. The van der Waals surface area contributed by atoms with Crippen molar-refractivity contribution in [3.63, 3.8) is 0 Å². The zero-order chi connectivity index (χ0) is 21.8. The molecule has 0 spiro atoms. The number of nitrogens with zero attached hydrogens (tertiary/aromatic N) is 2. The molecule has 1 N–H and O–H groups in total. The number of quaternary nitrogens is 1. The number of aliphatic hydroxyl groups excluding tert-OH is 1. The Morgan fingerprint density at radius 1 is 0.800 bits per heavy atom. The van der Waals surface area contributed by atoms with Crippen molar-refractivity contribution in [1.82, 2.24) is 0 Å². The SMILES string of the molecule is CCCCCCCCCC/C=C/CCCCCCCCC1N=CC[N+]1(CC)CCO. The number of aliphatic hydroxyl groups is 1. The molecule has 2 atom stereocenters. The normalized spacial score (nSPS) is 21.2. The van der Waals surface area contributed by atoms with Gasteiger partial charge in [0, 0.05) is 6.42 Å². The van der Waals surface area contributed by atoms with Gasteiger partial charge >= 0.3 is 0 Å². The monoisotopic (exact) mass is 421 g/mol. The lowest BCUT2D eigenvalue weighted by molar-refractivity contribution is -0.936. The minimum Gasteiger partial charge on any atom is -0.391 e. The van der Waals surface area contributed by atoms with Crippen LogP contribution >= 0.6 is 0 Å². The number of hydrogen-bond donors (Lipinski definition) is 1. The number of aliphatic imine (C=N–C) groups is 1. The maximum atomic E-state index is 9.39. The summed E-state index contributed by atoms with van der Waals surface area (Å²) in [6.07, 6.45) is 30.5. The molecule has 1 aliphatic heterocycles. The molecule has 0 aromatic carbocycles. The average molecular weight is 422 g/mol. The Balaban J connectivity index is 1.86. The zero-order valence-corrected chi connectivity index (χ0v) is 20.5. The summed E-state index contributed by atoms with van der Waals surface area (Å²) in [5.41, 5.74) is 0. The lowest BCUT2D eigenvalue weighted by Gasteiger charge is -2.37. The second-order valence-corrected chi connectivity index (χ2v) is 9.41. The standard InChI is InChI=1S/C27H53N2O/c1-3-5-6-7-8-9-10-11-12-13-14-15-16-17-18-19-20-21-22-27-28-23-24-29(27,4-2)25-26-30/h13-14,23,27,30H,3-12,15-22,24-26H2,1-2H3/q+1/b14-13+. The summed E-state index contributed by atoms with van der Waals surface area (Å²) in [6.45, 7) is 7.75. The van der Waals surface area contributed by atoms with Gasteiger partial charge in [-0.2, -0.15) is 0 Å². The molecule has 3 heteroatoms. The Bertz CT molecular complexity index is 435. The van der Waals surface area contributed by atoms with Gasteiger partial charge in [0.1, 0.15) is 13.1 Å². The molecule has 2 unspecified atom stereocenters. The smallest absolute Gasteiger partial charge is 0.182 e. The fourth-order valence-corrected chi connectivity index (χ4v) is 4.81. The molecular weight excluding hydrogens is 368 g/mol. The molecule has 0 aromatic heterocycles. The first-order valence-electron chi connectivity index (χ1n) is 13.4. The zero-order valence-electron chi connectivity index (χ0n) is 20.5. The van der Waals surface area contributed by atoms with Crippen LogP contribution in [0.5, 0.6) is 0 Å². The van der Waals surface area contributed by atoms with Crippen LogP contribution in [0.3, 0.4) is 0 Å². The van der Waals surface area contributed by atoms with Crippen LogP contribution < -0.4 is 0 Å². The molecule has 3 nitrogen and oxygen atoms in total. The number of unbranched alkanes of at least 4 members (excludes halogenated alkanes) is 14. The second kappa shape index (κ2) is 19.0. The third-order valence-corrected chi connectivity index (χ3v) is 7.00. The van der Waals surface area contributed by atoms with Crippen molar-refractivity contribution in [3.8, 4) is 0 Å². The van der Waals surface area contributed by atoms with E-state index in [9.17, 15) is 5.11 Å². The molecule has 0 saturated heterocycles. The summed E-state index contributed by atoms with van der Waals surface area (Å²) < 4.78 is 0.974. The van der Waals surface area contributed by atoms with Gasteiger partial charge in [0.25, 0.3) is 0 Å². The van der Waals surface area contributed by atoms with Gasteiger partial charge in [0.05, 0.1) is 19.4 Å². The van der Waals surface area contributed by atoms with E-state index in [1.54, 1.807) is 0 Å². The molecule has 0 aromatic rings. The van der Waals surface area contributed by atoms with Crippen molar-refractivity contribution in [2.45, 2.75) is 129 Å². The van der Waals surface area contributed by atoms with E-state index in [4.69, 9.17) is 4.99 Å². The van der Waals surface area contributed by atoms with Gasteiger partial charge < -0.3 is 5.11 Å². The first-order valence-corrected chi connectivity index (χ1v) is 13.4. The highest BCUT2D eigenvalue weighted by atomic mass is 16.3. The molecule has 0 bridgehead atoms. The van der Waals surface area contributed by atoms with Crippen LogP contribution in [0.25, 0.3) is 0 Å². The molecular formula is C27H53N2O+. The quantitative estimate of drug-likeness (QED) is 0.117. The number of hydrogen-bond acceptors (Lipinski definition) is 2. The third-order valence-electron chi connectivity index (χ3n) is 7.00. The summed E-state index contributed by atoms with van der Waals surface area (Å²) in [6, 6.07) is 0.